The van der Waals surface area contributed by atoms with Crippen LogP contribution in [0.4, 0.5) is 0 Å². The molecule has 0 aliphatic heterocycles. The van der Waals surface area contributed by atoms with Crippen LogP contribution in [0.2, 0.25) is 0 Å². The van der Waals surface area contributed by atoms with Gasteiger partial charge in [-0.3, -0.25) is 4.98 Å². The number of rotatable bonds is 4. The lowest BCUT2D eigenvalue weighted by atomic mass is 9.79. The van der Waals surface area contributed by atoms with Crippen molar-refractivity contribution < 1.29 is 0 Å². The minimum absolute atomic E-state index is 0.845. The van der Waals surface area contributed by atoms with E-state index in [1.807, 2.05) is 0 Å². The Morgan fingerprint density at radius 1 is 0.218 bits per heavy atom. The Balaban J connectivity index is 0.000000190. The van der Waals surface area contributed by atoms with Crippen molar-refractivity contribution in [3.63, 3.8) is 0 Å². The molecule has 0 saturated carbocycles. The van der Waals surface area contributed by atoms with E-state index in [9.17, 15) is 0 Å². The fourth-order valence-corrected chi connectivity index (χ4v) is 15.3. The first kappa shape index (κ1) is 56.4. The third-order valence-corrected chi connectivity index (χ3v) is 21.8. The van der Waals surface area contributed by atoms with Gasteiger partial charge >= 0.3 is 0 Å². The summed E-state index contributed by atoms with van der Waals surface area (Å²) in [5, 5.41) is 13.0. The Morgan fingerprint density at radius 2 is 0.487 bits per heavy atom. The van der Waals surface area contributed by atoms with Crippen molar-refractivity contribution in [1.82, 2.24) is 14.5 Å². The van der Waals surface area contributed by atoms with Crippen molar-refractivity contribution in [2.24, 2.45) is 7.05 Å². The highest BCUT2D eigenvalue weighted by molar-refractivity contribution is 6.13. The number of fused-ring (bicyclic) bond motifs is 6. The van der Waals surface area contributed by atoms with Gasteiger partial charge < -0.3 is 4.57 Å². The summed E-state index contributed by atoms with van der Waals surface area (Å²) in [5.74, 6) is 1.15. The molecule has 2 heterocycles. The highest BCUT2D eigenvalue weighted by Crippen LogP contribution is 2.46. The lowest BCUT2D eigenvalue weighted by Crippen LogP contribution is -2.08. The standard InChI is InChI=1S/C39H47N.C36H44N2/c1-17-18(2)23(7)35-30(14)37-27(11)32(21(5)25(9)36(37)29(13)34(35)22(17)6)16-33-28(12)38-24(8)19(3)20(4)26(10)39(38)40-31(33)15;1-16-17(2)22(7)32-28(13)34-26(11)29(20(5)23(8)33(34)27(12)31(32)21(16)6)15-30-37-35-24(9)18(3)19(4)25(10)36(35)38(30)14/h16H2,1-15H3;15H2,1-14H3. The van der Waals surface area contributed by atoms with E-state index in [-0.39, 0.29) is 0 Å². The Bertz CT molecular complexity index is 4370. The van der Waals surface area contributed by atoms with E-state index in [1.54, 1.807) is 0 Å². The molecule has 3 heteroatoms. The van der Waals surface area contributed by atoms with E-state index in [0.29, 0.717) is 0 Å². The molecular formula is C75H91N3. The van der Waals surface area contributed by atoms with Crippen molar-refractivity contribution in [3.8, 4) is 0 Å². The molecule has 0 bridgehead atoms. The summed E-state index contributed by atoms with van der Waals surface area (Å²) in [6.45, 7) is 64.4. The summed E-state index contributed by atoms with van der Waals surface area (Å²) in [5.41, 5.74) is 47.0. The topological polar surface area (TPSA) is 30.7 Å². The maximum atomic E-state index is 5.26. The normalized spacial score (nSPS) is 12.0. The van der Waals surface area contributed by atoms with Crippen LogP contribution >= 0.6 is 0 Å². The molecule has 0 fully saturated rings. The molecule has 2 aromatic heterocycles. The summed E-state index contributed by atoms with van der Waals surface area (Å²) in [6.07, 6.45) is 1.76. The van der Waals surface area contributed by atoms with Crippen LogP contribution in [0, 0.1) is 194 Å². The first-order valence-electron chi connectivity index (χ1n) is 29.0. The number of nitrogens with zero attached hydrogens (tertiary/aromatic N) is 3. The monoisotopic (exact) mass is 1030 g/mol. The number of hydrogen-bond acceptors (Lipinski definition) is 2. The molecule has 0 spiro atoms. The summed E-state index contributed by atoms with van der Waals surface area (Å²) < 4.78 is 2.35. The van der Waals surface area contributed by atoms with Crippen molar-refractivity contribution in [2.75, 3.05) is 0 Å². The molecule has 0 unspecified atom stereocenters. The van der Waals surface area contributed by atoms with Crippen LogP contribution in [0.1, 0.15) is 178 Å². The van der Waals surface area contributed by atoms with E-state index >= 15 is 0 Å². The zero-order valence-corrected chi connectivity index (χ0v) is 53.8. The Kier molecular flexibility index (Phi) is 14.1. The molecule has 0 N–H and O–H groups in total. The zero-order chi connectivity index (χ0) is 57.8. The molecule has 3 nitrogen and oxygen atoms in total. The van der Waals surface area contributed by atoms with Crippen LogP contribution in [-0.2, 0) is 19.9 Å². The second kappa shape index (κ2) is 19.5. The van der Waals surface area contributed by atoms with E-state index in [0.717, 1.165) is 29.9 Å². The molecule has 0 amide bonds. The SMILES string of the molecule is Cc1c(C)c(C)c2c(nc(Cc3c(C)c(C)c4c(C)c5c(C)c(C)c(C)c(C)c5c(C)c4c3C)n2C)c1C.Cc1nc2c(C)c(C)c(C)c(C)c2c(C)c1Cc1c(C)c(C)c2c(C)c3c(C)c(C)c(C)c(C)c3c(C)c2c1C. The summed E-state index contributed by atoms with van der Waals surface area (Å²) in [4.78, 5) is 10.5. The number of aromatic nitrogens is 3. The van der Waals surface area contributed by atoms with Gasteiger partial charge in [-0.1, -0.05) is 0 Å². The van der Waals surface area contributed by atoms with Crippen molar-refractivity contribution in [2.45, 2.75) is 207 Å². The molecule has 0 saturated heterocycles. The minimum Gasteiger partial charge on any atom is -0.331 e. The molecule has 8 aromatic carbocycles. The molecule has 10 aromatic rings. The number of imidazole rings is 1. The number of pyridine rings is 1. The largest absolute Gasteiger partial charge is 0.331 e. The maximum Gasteiger partial charge on any atom is 0.114 e. The highest BCUT2D eigenvalue weighted by Gasteiger charge is 2.26. The van der Waals surface area contributed by atoms with Crippen LogP contribution in [-0.4, -0.2) is 14.5 Å². The molecular weight excluding hydrogens is 943 g/mol. The summed E-state index contributed by atoms with van der Waals surface area (Å²) >= 11 is 0. The van der Waals surface area contributed by atoms with E-state index in [2.05, 4.69) is 205 Å². The van der Waals surface area contributed by atoms with Gasteiger partial charge in [0.1, 0.15) is 5.82 Å². The lowest BCUT2D eigenvalue weighted by Gasteiger charge is -2.26. The molecule has 10 rings (SSSR count). The predicted octanol–water partition coefficient (Wildman–Crippen LogP) is 20.2. The Morgan fingerprint density at radius 3 is 0.859 bits per heavy atom. The Labute approximate surface area is 469 Å². The lowest BCUT2D eigenvalue weighted by molar-refractivity contribution is 0.837. The average Bonchev–Trinajstić information content (AvgIpc) is 3.81. The summed E-state index contributed by atoms with van der Waals surface area (Å²) in [6, 6.07) is 0. The fraction of sp³-hybridized carbons (Fsp3) is 0.413. The smallest absolute Gasteiger partial charge is 0.114 e. The first-order chi connectivity index (χ1) is 36.3. The number of benzene rings is 8. The molecule has 406 valence electrons. The predicted molar refractivity (Wildman–Crippen MR) is 344 cm³/mol. The third kappa shape index (κ3) is 7.77. The van der Waals surface area contributed by atoms with Gasteiger partial charge in [-0.2, -0.15) is 0 Å². The van der Waals surface area contributed by atoms with Crippen molar-refractivity contribution in [3.05, 3.63) is 178 Å². The second-order valence-electron chi connectivity index (χ2n) is 24.9. The van der Waals surface area contributed by atoms with Crippen molar-refractivity contribution in [1.29, 1.82) is 0 Å². The van der Waals surface area contributed by atoms with Crippen LogP contribution in [0.25, 0.3) is 65.0 Å². The van der Waals surface area contributed by atoms with Crippen LogP contribution in [0.3, 0.4) is 0 Å². The van der Waals surface area contributed by atoms with E-state index in [1.165, 1.54) is 226 Å². The second-order valence-corrected chi connectivity index (χ2v) is 24.9. The van der Waals surface area contributed by atoms with Gasteiger partial charge in [-0.15, -0.1) is 0 Å². The number of aryl methyl sites for hydroxylation is 19. The van der Waals surface area contributed by atoms with Crippen molar-refractivity contribution >= 4 is 65.0 Å². The van der Waals surface area contributed by atoms with Gasteiger partial charge in [-0.05, 0) is 404 Å². The summed E-state index contributed by atoms with van der Waals surface area (Å²) in [7, 11) is 2.20. The van der Waals surface area contributed by atoms with Gasteiger partial charge in [0, 0.05) is 31.0 Å². The van der Waals surface area contributed by atoms with Gasteiger partial charge in [0.05, 0.1) is 16.6 Å². The van der Waals surface area contributed by atoms with Gasteiger partial charge in [0.2, 0.25) is 0 Å². The zero-order valence-electron chi connectivity index (χ0n) is 53.8. The van der Waals surface area contributed by atoms with Gasteiger partial charge in [0.25, 0.3) is 0 Å². The van der Waals surface area contributed by atoms with E-state index in [4.69, 9.17) is 9.97 Å². The quantitative estimate of drug-likeness (QED) is 0.165. The van der Waals surface area contributed by atoms with Crippen LogP contribution < -0.4 is 0 Å². The molecule has 0 atom stereocenters. The number of hydrogen-bond donors (Lipinski definition) is 0. The third-order valence-electron chi connectivity index (χ3n) is 21.8. The minimum atomic E-state index is 0.845. The van der Waals surface area contributed by atoms with Gasteiger partial charge in [-0.25, -0.2) is 4.98 Å². The molecule has 0 aliphatic carbocycles. The van der Waals surface area contributed by atoms with Gasteiger partial charge in [0.15, 0.2) is 0 Å². The molecule has 0 aliphatic rings. The maximum absolute atomic E-state index is 5.26. The van der Waals surface area contributed by atoms with E-state index < -0.39 is 0 Å². The molecule has 78 heavy (non-hydrogen) atoms. The highest BCUT2D eigenvalue weighted by atomic mass is 15.1. The first-order valence-corrected chi connectivity index (χ1v) is 29.0. The average molecular weight is 1030 g/mol. The van der Waals surface area contributed by atoms with Crippen LogP contribution in [0.15, 0.2) is 0 Å². The van der Waals surface area contributed by atoms with Crippen LogP contribution in [0.5, 0.6) is 0 Å². The molecule has 0 radical (unpaired) electrons. The Hall–Kier alpha value is -6.32. The fourth-order valence-electron chi connectivity index (χ4n) is 15.3.